The fraction of sp³-hybridized carbons (Fsp3) is 0.385. The zero-order valence-electron chi connectivity index (χ0n) is 17.6. The number of benzene rings is 2. The predicted octanol–water partition coefficient (Wildman–Crippen LogP) is 6.16. The summed E-state index contributed by atoms with van der Waals surface area (Å²) in [7, 11) is 0. The number of nitrogens with one attached hydrogen (secondary N) is 1. The molecular weight excluding hydrogens is 375 g/mol. The highest BCUT2D eigenvalue weighted by Crippen LogP contribution is 2.40. The van der Waals surface area contributed by atoms with E-state index >= 15 is 0 Å². The van der Waals surface area contributed by atoms with E-state index in [2.05, 4.69) is 17.2 Å². The van der Waals surface area contributed by atoms with E-state index in [9.17, 15) is 9.18 Å². The Labute approximate surface area is 177 Å². The Morgan fingerprint density at radius 1 is 1.03 bits per heavy atom. The normalized spacial score (nSPS) is 21.2. The summed E-state index contributed by atoms with van der Waals surface area (Å²) in [6, 6.07) is 16.9. The molecule has 1 aromatic heterocycles. The van der Waals surface area contributed by atoms with E-state index in [1.54, 1.807) is 12.1 Å². The quantitative estimate of drug-likeness (QED) is 0.553. The minimum absolute atomic E-state index is 0.00979. The number of amides is 1. The van der Waals surface area contributed by atoms with Crippen molar-refractivity contribution in [3.8, 4) is 0 Å². The van der Waals surface area contributed by atoms with Gasteiger partial charge in [-0.3, -0.25) is 9.78 Å². The Bertz CT molecular complexity index is 1010. The van der Waals surface area contributed by atoms with Gasteiger partial charge in [0.2, 0.25) is 5.91 Å². The van der Waals surface area contributed by atoms with E-state index in [1.165, 1.54) is 11.6 Å². The van der Waals surface area contributed by atoms with Crippen LogP contribution in [0.25, 0.3) is 10.9 Å². The minimum atomic E-state index is -0.219. The maximum Gasteiger partial charge on any atom is 0.223 e. The van der Waals surface area contributed by atoms with Crippen LogP contribution in [0.4, 0.5) is 4.39 Å². The van der Waals surface area contributed by atoms with Crippen LogP contribution in [-0.4, -0.2) is 10.9 Å². The minimum Gasteiger partial charge on any atom is -0.349 e. The molecule has 30 heavy (non-hydrogen) atoms. The average Bonchev–Trinajstić information content (AvgIpc) is 2.78. The maximum absolute atomic E-state index is 13.8. The molecule has 0 unspecified atom stereocenters. The van der Waals surface area contributed by atoms with Crippen molar-refractivity contribution in [1.82, 2.24) is 10.3 Å². The second kappa shape index (κ2) is 8.95. The van der Waals surface area contributed by atoms with Gasteiger partial charge in [-0.2, -0.15) is 0 Å². The van der Waals surface area contributed by atoms with Crippen LogP contribution in [0, 0.1) is 17.7 Å². The predicted molar refractivity (Wildman–Crippen MR) is 119 cm³/mol. The molecule has 156 valence electrons. The van der Waals surface area contributed by atoms with Crippen molar-refractivity contribution in [1.29, 1.82) is 0 Å². The molecule has 0 aliphatic heterocycles. The van der Waals surface area contributed by atoms with Crippen LogP contribution >= 0.6 is 0 Å². The van der Waals surface area contributed by atoms with Crippen molar-refractivity contribution < 1.29 is 9.18 Å². The van der Waals surface area contributed by atoms with Crippen LogP contribution in [0.2, 0.25) is 0 Å². The fourth-order valence-electron chi connectivity index (χ4n) is 4.81. The van der Waals surface area contributed by atoms with Crippen molar-refractivity contribution in [2.75, 3.05) is 0 Å². The van der Waals surface area contributed by atoms with Gasteiger partial charge in [0.25, 0.3) is 0 Å². The molecule has 0 saturated heterocycles. The van der Waals surface area contributed by atoms with Crippen molar-refractivity contribution in [3.63, 3.8) is 0 Å². The molecule has 1 N–H and O–H groups in total. The number of carbonyl (C=O) groups is 1. The second-order valence-electron chi connectivity index (χ2n) is 8.60. The highest BCUT2D eigenvalue weighted by atomic mass is 19.1. The molecule has 0 spiro atoms. The van der Waals surface area contributed by atoms with Crippen LogP contribution in [0.1, 0.15) is 62.6 Å². The Kier molecular flexibility index (Phi) is 6.12. The summed E-state index contributed by atoms with van der Waals surface area (Å²) in [5.41, 5.74) is 3.16. The first-order valence-corrected chi connectivity index (χ1v) is 10.9. The molecule has 1 heterocycles. The Hall–Kier alpha value is -2.75. The number of aromatic nitrogens is 1. The molecule has 0 bridgehead atoms. The third-order valence-electron chi connectivity index (χ3n) is 6.73. The molecule has 1 fully saturated rings. The Morgan fingerprint density at radius 3 is 2.50 bits per heavy atom. The maximum atomic E-state index is 13.8. The summed E-state index contributed by atoms with van der Waals surface area (Å²) in [6.07, 6.45) is 5.89. The number of carbonyl (C=O) groups excluding carboxylic acids is 1. The zero-order chi connectivity index (χ0) is 21.1. The number of halogens is 1. The van der Waals surface area contributed by atoms with Gasteiger partial charge < -0.3 is 5.32 Å². The molecule has 4 heteroatoms. The van der Waals surface area contributed by atoms with Gasteiger partial charge in [-0.1, -0.05) is 37.3 Å². The summed E-state index contributed by atoms with van der Waals surface area (Å²) in [6.45, 7) is 4.08. The number of nitrogens with zero attached hydrogens (tertiary/aromatic N) is 1. The lowest BCUT2D eigenvalue weighted by Crippen LogP contribution is -2.36. The Morgan fingerprint density at radius 2 is 1.77 bits per heavy atom. The first-order chi connectivity index (χ1) is 14.5. The summed E-state index contributed by atoms with van der Waals surface area (Å²) in [5.74, 6) is 0.680. The summed E-state index contributed by atoms with van der Waals surface area (Å²) >= 11 is 0. The van der Waals surface area contributed by atoms with Gasteiger partial charge in [0.1, 0.15) is 5.82 Å². The smallest absolute Gasteiger partial charge is 0.223 e. The molecule has 1 saturated carbocycles. The number of hydrogen-bond donors (Lipinski definition) is 1. The Balaban J connectivity index is 1.38. The van der Waals surface area contributed by atoms with E-state index in [0.29, 0.717) is 11.8 Å². The molecule has 4 rings (SSSR count). The molecule has 1 aliphatic rings. The van der Waals surface area contributed by atoms with Gasteiger partial charge in [-0.05, 0) is 79.8 Å². The lowest BCUT2D eigenvalue weighted by Gasteiger charge is -2.33. The molecule has 2 aromatic carbocycles. The van der Waals surface area contributed by atoms with Crippen molar-refractivity contribution in [3.05, 3.63) is 77.7 Å². The molecular formula is C26H29FN2O. The summed E-state index contributed by atoms with van der Waals surface area (Å²) < 4.78 is 13.8. The SMILES string of the molecule is C[C@H](NC(=O)[C@H](C)C1CCC(c2ccnc3ccc(F)cc23)CC1)c1ccccc1. The highest BCUT2D eigenvalue weighted by Gasteiger charge is 2.30. The van der Waals surface area contributed by atoms with Gasteiger partial charge >= 0.3 is 0 Å². The number of rotatable bonds is 5. The van der Waals surface area contributed by atoms with Crippen LogP contribution in [0.3, 0.4) is 0 Å². The molecule has 0 radical (unpaired) electrons. The lowest BCUT2D eigenvalue weighted by molar-refractivity contribution is -0.127. The first kappa shape index (κ1) is 20.5. The monoisotopic (exact) mass is 404 g/mol. The molecule has 1 amide bonds. The van der Waals surface area contributed by atoms with Crippen LogP contribution in [0.5, 0.6) is 0 Å². The second-order valence-corrected chi connectivity index (χ2v) is 8.60. The average molecular weight is 405 g/mol. The van der Waals surface area contributed by atoms with E-state index in [0.717, 1.165) is 42.1 Å². The number of hydrogen-bond acceptors (Lipinski definition) is 2. The van der Waals surface area contributed by atoms with Crippen molar-refractivity contribution >= 4 is 16.8 Å². The molecule has 3 aromatic rings. The zero-order valence-corrected chi connectivity index (χ0v) is 17.6. The van der Waals surface area contributed by atoms with Crippen LogP contribution in [0.15, 0.2) is 60.8 Å². The van der Waals surface area contributed by atoms with Crippen molar-refractivity contribution in [2.24, 2.45) is 11.8 Å². The van der Waals surface area contributed by atoms with Gasteiger partial charge in [-0.15, -0.1) is 0 Å². The van der Waals surface area contributed by atoms with E-state index < -0.39 is 0 Å². The first-order valence-electron chi connectivity index (χ1n) is 10.9. The number of pyridine rings is 1. The molecule has 1 aliphatic carbocycles. The topological polar surface area (TPSA) is 42.0 Å². The highest BCUT2D eigenvalue weighted by molar-refractivity contribution is 5.82. The van der Waals surface area contributed by atoms with Crippen LogP contribution in [-0.2, 0) is 4.79 Å². The van der Waals surface area contributed by atoms with Crippen molar-refractivity contribution in [2.45, 2.75) is 51.5 Å². The van der Waals surface area contributed by atoms with Crippen LogP contribution < -0.4 is 5.32 Å². The molecule has 2 atom stereocenters. The summed E-state index contributed by atoms with van der Waals surface area (Å²) in [5, 5.41) is 4.10. The van der Waals surface area contributed by atoms with Gasteiger partial charge in [-0.25, -0.2) is 4.39 Å². The van der Waals surface area contributed by atoms with Gasteiger partial charge in [0.05, 0.1) is 11.6 Å². The lowest BCUT2D eigenvalue weighted by atomic mass is 9.73. The number of fused-ring (bicyclic) bond motifs is 1. The molecule has 3 nitrogen and oxygen atoms in total. The van der Waals surface area contributed by atoms with E-state index in [1.807, 2.05) is 49.5 Å². The third kappa shape index (κ3) is 4.38. The van der Waals surface area contributed by atoms with Gasteiger partial charge in [0, 0.05) is 17.5 Å². The largest absolute Gasteiger partial charge is 0.349 e. The van der Waals surface area contributed by atoms with E-state index in [-0.39, 0.29) is 23.7 Å². The third-order valence-corrected chi connectivity index (χ3v) is 6.73. The standard InChI is InChI=1S/C26H29FN2O/c1-17(26(30)29-18(2)20-6-4-3-5-7-20)19-8-10-21(11-9-19)23-14-15-28-25-13-12-22(27)16-24(23)25/h3-7,12-19,21H,8-11H2,1-2H3,(H,29,30)/t17-,18+,19?,21?/m1/s1. The fourth-order valence-corrected chi connectivity index (χ4v) is 4.81. The summed E-state index contributed by atoms with van der Waals surface area (Å²) in [4.78, 5) is 17.2. The van der Waals surface area contributed by atoms with Gasteiger partial charge in [0.15, 0.2) is 0 Å². The van der Waals surface area contributed by atoms with E-state index in [4.69, 9.17) is 0 Å².